The molecule has 4 unspecified atom stereocenters. The zero-order chi connectivity index (χ0) is 11.5. The standard InChI is InChI=1S/C12H21NO3/c1-2-3-8(14)7-13-12(15)10-6-9-4-5-11(10)16-9/h8-11,14H,2-7H2,1H3,(H,13,15). The number of carbonyl (C=O) groups is 1. The fourth-order valence-electron chi connectivity index (χ4n) is 2.70. The summed E-state index contributed by atoms with van der Waals surface area (Å²) in [6.07, 6.45) is 4.69. The van der Waals surface area contributed by atoms with E-state index in [0.717, 1.165) is 32.1 Å². The van der Waals surface area contributed by atoms with Gasteiger partial charge in [-0.05, 0) is 25.7 Å². The van der Waals surface area contributed by atoms with Gasteiger partial charge < -0.3 is 15.2 Å². The molecule has 4 heteroatoms. The number of fused-ring (bicyclic) bond motifs is 2. The van der Waals surface area contributed by atoms with E-state index in [-0.39, 0.29) is 17.9 Å². The SMILES string of the molecule is CCCC(O)CNC(=O)C1CC2CCC1O2. The molecule has 4 atom stereocenters. The third-order valence-corrected chi connectivity index (χ3v) is 3.58. The summed E-state index contributed by atoms with van der Waals surface area (Å²) in [4.78, 5) is 11.8. The third kappa shape index (κ3) is 2.55. The van der Waals surface area contributed by atoms with Gasteiger partial charge in [0.1, 0.15) is 0 Å². The number of ether oxygens (including phenoxy) is 1. The highest BCUT2D eigenvalue weighted by Gasteiger charge is 2.44. The molecule has 16 heavy (non-hydrogen) atoms. The minimum Gasteiger partial charge on any atom is -0.391 e. The lowest BCUT2D eigenvalue weighted by Gasteiger charge is -2.19. The van der Waals surface area contributed by atoms with Crippen molar-refractivity contribution in [3.63, 3.8) is 0 Å². The van der Waals surface area contributed by atoms with Gasteiger partial charge in [-0.25, -0.2) is 0 Å². The molecule has 2 aliphatic rings. The first-order valence-electron chi connectivity index (χ1n) is 6.32. The van der Waals surface area contributed by atoms with Crippen LogP contribution in [0.15, 0.2) is 0 Å². The first-order valence-corrected chi connectivity index (χ1v) is 6.32. The summed E-state index contributed by atoms with van der Waals surface area (Å²) in [6, 6.07) is 0. The first-order chi connectivity index (χ1) is 7.70. The van der Waals surface area contributed by atoms with Crippen LogP contribution in [-0.4, -0.2) is 35.9 Å². The van der Waals surface area contributed by atoms with Crippen molar-refractivity contribution in [2.45, 2.75) is 57.3 Å². The van der Waals surface area contributed by atoms with Crippen LogP contribution >= 0.6 is 0 Å². The minimum absolute atomic E-state index is 0.0209. The zero-order valence-corrected chi connectivity index (χ0v) is 9.82. The van der Waals surface area contributed by atoms with Gasteiger partial charge in [0.25, 0.3) is 0 Å². The van der Waals surface area contributed by atoms with Crippen LogP contribution < -0.4 is 5.32 Å². The Kier molecular flexibility index (Phi) is 3.82. The molecule has 2 rings (SSSR count). The summed E-state index contributed by atoms with van der Waals surface area (Å²) < 4.78 is 5.64. The highest BCUT2D eigenvalue weighted by atomic mass is 16.5. The molecule has 0 radical (unpaired) electrons. The van der Waals surface area contributed by atoms with Crippen molar-refractivity contribution < 1.29 is 14.6 Å². The predicted molar refractivity (Wildman–Crippen MR) is 59.9 cm³/mol. The van der Waals surface area contributed by atoms with Crippen molar-refractivity contribution in [2.24, 2.45) is 5.92 Å². The fourth-order valence-corrected chi connectivity index (χ4v) is 2.70. The smallest absolute Gasteiger partial charge is 0.225 e. The second kappa shape index (κ2) is 5.15. The fraction of sp³-hybridized carbons (Fsp3) is 0.917. The van der Waals surface area contributed by atoms with Gasteiger partial charge in [-0.15, -0.1) is 0 Å². The summed E-state index contributed by atoms with van der Waals surface area (Å²) in [5.74, 6) is 0.0786. The molecule has 2 fully saturated rings. The molecule has 0 spiro atoms. The Hall–Kier alpha value is -0.610. The van der Waals surface area contributed by atoms with E-state index in [1.54, 1.807) is 0 Å². The van der Waals surface area contributed by atoms with Crippen LogP contribution in [0.5, 0.6) is 0 Å². The van der Waals surface area contributed by atoms with Crippen LogP contribution in [0, 0.1) is 5.92 Å². The van der Waals surface area contributed by atoms with Crippen LogP contribution in [0.4, 0.5) is 0 Å². The van der Waals surface area contributed by atoms with E-state index in [1.165, 1.54) is 0 Å². The van der Waals surface area contributed by atoms with Crippen molar-refractivity contribution in [2.75, 3.05) is 6.54 Å². The molecule has 2 aliphatic heterocycles. The third-order valence-electron chi connectivity index (χ3n) is 3.58. The lowest BCUT2D eigenvalue weighted by Crippen LogP contribution is -2.39. The molecular weight excluding hydrogens is 206 g/mol. The van der Waals surface area contributed by atoms with Gasteiger partial charge in [-0.1, -0.05) is 13.3 Å². The summed E-state index contributed by atoms with van der Waals surface area (Å²) >= 11 is 0. The molecule has 2 N–H and O–H groups in total. The number of nitrogens with one attached hydrogen (secondary N) is 1. The van der Waals surface area contributed by atoms with Crippen LogP contribution in [0.2, 0.25) is 0 Å². The van der Waals surface area contributed by atoms with E-state index in [2.05, 4.69) is 5.32 Å². The molecule has 0 aliphatic carbocycles. The largest absolute Gasteiger partial charge is 0.391 e. The monoisotopic (exact) mass is 227 g/mol. The number of amides is 1. The van der Waals surface area contributed by atoms with Gasteiger partial charge in [-0.2, -0.15) is 0 Å². The Balaban J connectivity index is 1.72. The quantitative estimate of drug-likeness (QED) is 0.731. The molecule has 0 saturated carbocycles. The summed E-state index contributed by atoms with van der Waals surface area (Å²) in [6.45, 7) is 2.40. The number of aliphatic hydroxyl groups excluding tert-OH is 1. The van der Waals surface area contributed by atoms with Crippen LogP contribution in [0.3, 0.4) is 0 Å². The van der Waals surface area contributed by atoms with E-state index in [4.69, 9.17) is 4.74 Å². The van der Waals surface area contributed by atoms with Crippen LogP contribution in [0.1, 0.15) is 39.0 Å². The van der Waals surface area contributed by atoms with Crippen LogP contribution in [0.25, 0.3) is 0 Å². The van der Waals surface area contributed by atoms with E-state index >= 15 is 0 Å². The van der Waals surface area contributed by atoms with Gasteiger partial charge in [-0.3, -0.25) is 4.79 Å². The first kappa shape index (κ1) is 11.9. The van der Waals surface area contributed by atoms with Gasteiger partial charge in [0.05, 0.1) is 24.2 Å². The molecule has 0 aromatic rings. The minimum atomic E-state index is -0.409. The highest BCUT2D eigenvalue weighted by molar-refractivity contribution is 5.79. The average molecular weight is 227 g/mol. The zero-order valence-electron chi connectivity index (χ0n) is 9.82. The maximum atomic E-state index is 11.8. The van der Waals surface area contributed by atoms with Crippen molar-refractivity contribution in [1.29, 1.82) is 0 Å². The number of hydrogen-bond acceptors (Lipinski definition) is 3. The van der Waals surface area contributed by atoms with Crippen LogP contribution in [-0.2, 0) is 9.53 Å². The van der Waals surface area contributed by atoms with Gasteiger partial charge >= 0.3 is 0 Å². The second-order valence-electron chi connectivity index (χ2n) is 4.90. The molecule has 2 heterocycles. The van der Waals surface area contributed by atoms with Gasteiger partial charge in [0.15, 0.2) is 0 Å². The summed E-state index contributed by atoms with van der Waals surface area (Å²) in [5.41, 5.74) is 0. The topological polar surface area (TPSA) is 58.6 Å². The number of aliphatic hydroxyl groups is 1. The maximum absolute atomic E-state index is 11.8. The number of hydrogen-bond donors (Lipinski definition) is 2. The lowest BCUT2D eigenvalue weighted by atomic mass is 9.88. The molecular formula is C12H21NO3. The normalized spacial score (nSPS) is 34.0. The Morgan fingerprint density at radius 2 is 2.38 bits per heavy atom. The highest BCUT2D eigenvalue weighted by Crippen LogP contribution is 2.38. The summed E-state index contributed by atoms with van der Waals surface area (Å²) in [5, 5.41) is 12.4. The summed E-state index contributed by atoms with van der Waals surface area (Å²) in [7, 11) is 0. The Morgan fingerprint density at radius 1 is 1.56 bits per heavy atom. The van der Waals surface area contributed by atoms with E-state index in [1.807, 2.05) is 6.92 Å². The molecule has 92 valence electrons. The number of carbonyl (C=O) groups excluding carboxylic acids is 1. The van der Waals surface area contributed by atoms with E-state index < -0.39 is 6.10 Å². The van der Waals surface area contributed by atoms with Gasteiger partial charge in [0, 0.05) is 6.54 Å². The molecule has 1 amide bonds. The molecule has 2 saturated heterocycles. The molecule has 0 aromatic carbocycles. The van der Waals surface area contributed by atoms with Crippen molar-refractivity contribution >= 4 is 5.91 Å². The lowest BCUT2D eigenvalue weighted by molar-refractivity contribution is -0.127. The maximum Gasteiger partial charge on any atom is 0.225 e. The second-order valence-corrected chi connectivity index (χ2v) is 4.90. The molecule has 4 nitrogen and oxygen atoms in total. The Morgan fingerprint density at radius 3 is 2.94 bits per heavy atom. The van der Waals surface area contributed by atoms with E-state index in [0.29, 0.717) is 12.6 Å². The van der Waals surface area contributed by atoms with Crippen molar-refractivity contribution in [3.05, 3.63) is 0 Å². The molecule has 0 aromatic heterocycles. The van der Waals surface area contributed by atoms with Crippen molar-refractivity contribution in [1.82, 2.24) is 5.32 Å². The number of rotatable bonds is 5. The van der Waals surface area contributed by atoms with E-state index in [9.17, 15) is 9.90 Å². The molecule has 2 bridgehead atoms. The Labute approximate surface area is 96.4 Å². The van der Waals surface area contributed by atoms with Crippen molar-refractivity contribution in [3.8, 4) is 0 Å². The predicted octanol–water partition coefficient (Wildman–Crippen LogP) is 0.831. The van der Waals surface area contributed by atoms with Gasteiger partial charge in [0.2, 0.25) is 5.91 Å². The Bertz CT molecular complexity index is 257. The average Bonchev–Trinajstić information content (AvgIpc) is 2.88.